The zero-order valence-corrected chi connectivity index (χ0v) is 15.1. The van der Waals surface area contributed by atoms with Gasteiger partial charge in [-0.15, -0.1) is 0 Å². The predicted octanol–water partition coefficient (Wildman–Crippen LogP) is 4.23. The molecule has 4 aromatic rings. The number of rotatable bonds is 4. The van der Waals surface area contributed by atoms with Gasteiger partial charge in [0.1, 0.15) is 30.0 Å². The number of hydrogen-bond acceptors (Lipinski definition) is 6. The molecule has 0 spiro atoms. The highest BCUT2D eigenvalue weighted by Crippen LogP contribution is 2.36. The molecule has 0 saturated heterocycles. The maximum atomic E-state index is 10.8. The van der Waals surface area contributed by atoms with Crippen molar-refractivity contribution in [3.05, 3.63) is 95.6 Å². The standard InChI is InChI=1S/C23H14N4O2/c24-10-16-6-7-18(23(28)17-12-26-14-27-13-17)19(11-25)22(16)21-9-8-20(29-21)15-4-2-1-3-5-15/h1-9,12-14,23,28H. The summed E-state index contributed by atoms with van der Waals surface area (Å²) in [5.41, 5.74) is 2.50. The van der Waals surface area contributed by atoms with Crippen LogP contribution in [0, 0.1) is 22.7 Å². The first kappa shape index (κ1) is 18.1. The number of nitriles is 2. The van der Waals surface area contributed by atoms with E-state index in [0.29, 0.717) is 28.2 Å². The lowest BCUT2D eigenvalue weighted by Crippen LogP contribution is -2.05. The normalized spacial score (nSPS) is 11.4. The smallest absolute Gasteiger partial charge is 0.137 e. The topological polar surface area (TPSA) is 107 Å². The fraction of sp³-hybridized carbons (Fsp3) is 0.0435. The first-order valence-electron chi connectivity index (χ1n) is 8.78. The van der Waals surface area contributed by atoms with Crippen molar-refractivity contribution in [2.45, 2.75) is 6.10 Å². The third kappa shape index (κ3) is 3.37. The third-order valence-electron chi connectivity index (χ3n) is 4.57. The fourth-order valence-electron chi connectivity index (χ4n) is 3.18. The summed E-state index contributed by atoms with van der Waals surface area (Å²) in [5, 5.41) is 30.2. The molecule has 0 bridgehead atoms. The van der Waals surface area contributed by atoms with Crippen molar-refractivity contribution in [2.24, 2.45) is 0 Å². The summed E-state index contributed by atoms with van der Waals surface area (Å²) in [7, 11) is 0. The van der Waals surface area contributed by atoms with E-state index >= 15 is 0 Å². The van der Waals surface area contributed by atoms with Crippen molar-refractivity contribution < 1.29 is 9.52 Å². The van der Waals surface area contributed by atoms with Gasteiger partial charge in [-0.2, -0.15) is 10.5 Å². The van der Waals surface area contributed by atoms with E-state index in [2.05, 4.69) is 22.1 Å². The van der Waals surface area contributed by atoms with Gasteiger partial charge in [0.25, 0.3) is 0 Å². The molecule has 2 heterocycles. The van der Waals surface area contributed by atoms with E-state index in [1.165, 1.54) is 18.7 Å². The molecule has 1 unspecified atom stereocenters. The average molecular weight is 378 g/mol. The number of aliphatic hydroxyl groups is 1. The van der Waals surface area contributed by atoms with Crippen molar-refractivity contribution in [3.63, 3.8) is 0 Å². The van der Waals surface area contributed by atoms with Crippen LogP contribution in [0.5, 0.6) is 0 Å². The van der Waals surface area contributed by atoms with Crippen molar-refractivity contribution >= 4 is 0 Å². The molecule has 0 radical (unpaired) electrons. The van der Waals surface area contributed by atoms with Gasteiger partial charge in [0.15, 0.2) is 0 Å². The molecule has 0 aliphatic heterocycles. The molecule has 0 amide bonds. The van der Waals surface area contributed by atoms with Crippen LogP contribution in [0.1, 0.15) is 28.4 Å². The molecule has 1 atom stereocenters. The monoisotopic (exact) mass is 378 g/mol. The second-order valence-corrected chi connectivity index (χ2v) is 6.28. The number of aliphatic hydroxyl groups excluding tert-OH is 1. The Labute approximate surface area is 167 Å². The van der Waals surface area contributed by atoms with E-state index in [1.54, 1.807) is 24.3 Å². The lowest BCUT2D eigenvalue weighted by molar-refractivity contribution is 0.219. The summed E-state index contributed by atoms with van der Waals surface area (Å²) in [6.45, 7) is 0. The van der Waals surface area contributed by atoms with Crippen LogP contribution in [0.4, 0.5) is 0 Å². The van der Waals surface area contributed by atoms with Crippen LogP contribution in [-0.2, 0) is 0 Å². The Hall–Kier alpha value is -4.26. The molecule has 0 fully saturated rings. The predicted molar refractivity (Wildman–Crippen MR) is 105 cm³/mol. The van der Waals surface area contributed by atoms with Crippen LogP contribution in [0.15, 0.2) is 77.7 Å². The molecule has 6 heteroatoms. The van der Waals surface area contributed by atoms with Crippen molar-refractivity contribution in [1.29, 1.82) is 10.5 Å². The van der Waals surface area contributed by atoms with Crippen molar-refractivity contribution in [3.8, 4) is 34.8 Å². The lowest BCUT2D eigenvalue weighted by Gasteiger charge is -2.15. The van der Waals surface area contributed by atoms with E-state index in [0.717, 1.165) is 5.56 Å². The molecule has 29 heavy (non-hydrogen) atoms. The Morgan fingerprint density at radius 3 is 2.28 bits per heavy atom. The third-order valence-corrected chi connectivity index (χ3v) is 4.57. The van der Waals surface area contributed by atoms with Gasteiger partial charge in [-0.25, -0.2) is 9.97 Å². The molecule has 1 N–H and O–H groups in total. The number of furan rings is 1. The minimum absolute atomic E-state index is 0.175. The summed E-state index contributed by atoms with van der Waals surface area (Å²) >= 11 is 0. The summed E-state index contributed by atoms with van der Waals surface area (Å²) in [6.07, 6.45) is 3.22. The van der Waals surface area contributed by atoms with Crippen LogP contribution >= 0.6 is 0 Å². The average Bonchev–Trinajstić information content (AvgIpc) is 3.28. The molecular formula is C23H14N4O2. The SMILES string of the molecule is N#Cc1ccc(C(O)c2cncnc2)c(C#N)c1-c1ccc(-c2ccccc2)o1. The van der Waals surface area contributed by atoms with Gasteiger partial charge in [0.2, 0.25) is 0 Å². The van der Waals surface area contributed by atoms with E-state index in [1.807, 2.05) is 30.3 Å². The Kier molecular flexibility index (Phi) is 4.86. The van der Waals surface area contributed by atoms with Gasteiger partial charge < -0.3 is 9.52 Å². The zero-order valence-electron chi connectivity index (χ0n) is 15.1. The molecule has 4 rings (SSSR count). The maximum absolute atomic E-state index is 10.8. The van der Waals surface area contributed by atoms with Gasteiger partial charge >= 0.3 is 0 Å². The Morgan fingerprint density at radius 2 is 1.59 bits per heavy atom. The van der Waals surface area contributed by atoms with Gasteiger partial charge in [0.05, 0.1) is 22.8 Å². The number of benzene rings is 2. The van der Waals surface area contributed by atoms with E-state index in [9.17, 15) is 15.6 Å². The van der Waals surface area contributed by atoms with E-state index < -0.39 is 6.10 Å². The summed E-state index contributed by atoms with van der Waals surface area (Å²) in [6, 6.07) is 20.4. The number of hydrogen-bond donors (Lipinski definition) is 1. The van der Waals surface area contributed by atoms with E-state index in [4.69, 9.17) is 4.42 Å². The summed E-state index contributed by atoms with van der Waals surface area (Å²) in [4.78, 5) is 7.83. The Bertz CT molecular complexity index is 1240. The number of nitrogens with zero attached hydrogens (tertiary/aromatic N) is 4. The van der Waals surface area contributed by atoms with Gasteiger partial charge in [-0.05, 0) is 18.2 Å². The highest BCUT2D eigenvalue weighted by Gasteiger charge is 2.23. The van der Waals surface area contributed by atoms with Crippen LogP contribution in [-0.4, -0.2) is 15.1 Å². The maximum Gasteiger partial charge on any atom is 0.137 e. The first-order valence-corrected chi connectivity index (χ1v) is 8.78. The molecule has 2 aromatic carbocycles. The molecule has 0 saturated carbocycles. The lowest BCUT2D eigenvalue weighted by atomic mass is 9.91. The van der Waals surface area contributed by atoms with Crippen LogP contribution in [0.2, 0.25) is 0 Å². The van der Waals surface area contributed by atoms with Crippen molar-refractivity contribution in [2.75, 3.05) is 0 Å². The molecule has 138 valence electrons. The Morgan fingerprint density at radius 1 is 0.862 bits per heavy atom. The minimum Gasteiger partial charge on any atom is -0.456 e. The summed E-state index contributed by atoms with van der Waals surface area (Å²) in [5.74, 6) is 1.01. The summed E-state index contributed by atoms with van der Waals surface area (Å²) < 4.78 is 5.97. The first-order chi connectivity index (χ1) is 14.2. The second kappa shape index (κ2) is 7.77. The Balaban J connectivity index is 1.87. The number of aromatic nitrogens is 2. The van der Waals surface area contributed by atoms with E-state index in [-0.39, 0.29) is 11.1 Å². The molecule has 0 aliphatic carbocycles. The highest BCUT2D eigenvalue weighted by atomic mass is 16.3. The second-order valence-electron chi connectivity index (χ2n) is 6.28. The molecular weight excluding hydrogens is 364 g/mol. The van der Waals surface area contributed by atoms with Crippen LogP contribution < -0.4 is 0 Å². The van der Waals surface area contributed by atoms with Gasteiger partial charge in [-0.3, -0.25) is 0 Å². The van der Waals surface area contributed by atoms with Crippen LogP contribution in [0.3, 0.4) is 0 Å². The molecule has 6 nitrogen and oxygen atoms in total. The van der Waals surface area contributed by atoms with Gasteiger partial charge in [0, 0.05) is 29.1 Å². The zero-order chi connectivity index (χ0) is 20.2. The fourth-order valence-corrected chi connectivity index (χ4v) is 3.18. The molecule has 2 aromatic heterocycles. The van der Waals surface area contributed by atoms with Gasteiger partial charge in [-0.1, -0.05) is 36.4 Å². The molecule has 0 aliphatic rings. The van der Waals surface area contributed by atoms with Crippen LogP contribution in [0.25, 0.3) is 22.6 Å². The minimum atomic E-state index is -1.11. The largest absolute Gasteiger partial charge is 0.456 e. The van der Waals surface area contributed by atoms with Crippen molar-refractivity contribution in [1.82, 2.24) is 9.97 Å². The highest BCUT2D eigenvalue weighted by molar-refractivity contribution is 5.77. The quantitative estimate of drug-likeness (QED) is 0.569.